The van der Waals surface area contributed by atoms with E-state index in [1.54, 1.807) is 30.1 Å². The van der Waals surface area contributed by atoms with E-state index in [-0.39, 0.29) is 17.3 Å². The Morgan fingerprint density at radius 2 is 1.83 bits per heavy atom. The molecule has 1 amide bonds. The molecule has 2 heterocycles. The first-order valence-electron chi connectivity index (χ1n) is 7.21. The number of anilines is 3. The van der Waals surface area contributed by atoms with Crippen molar-refractivity contribution in [1.82, 2.24) is 9.13 Å². The molecule has 1 aromatic carbocycles. The summed E-state index contributed by atoms with van der Waals surface area (Å²) in [5, 5.41) is 12.2. The summed E-state index contributed by atoms with van der Waals surface area (Å²) in [4.78, 5) is 37.5. The highest BCUT2D eigenvalue weighted by Gasteiger charge is 2.24. The normalized spacial score (nSPS) is 12.9. The zero-order valence-electron chi connectivity index (χ0n) is 13.5. The van der Waals surface area contributed by atoms with Crippen LogP contribution in [0.15, 0.2) is 27.8 Å². The molecule has 0 atom stereocenters. The molecular weight excluding hydrogens is 310 g/mol. The van der Waals surface area contributed by atoms with Crippen LogP contribution in [0.4, 0.5) is 17.2 Å². The molecule has 24 heavy (non-hydrogen) atoms. The van der Waals surface area contributed by atoms with E-state index in [2.05, 4.69) is 5.32 Å². The fourth-order valence-electron chi connectivity index (χ4n) is 2.78. The first-order valence-corrected chi connectivity index (χ1v) is 7.21. The Hall–Kier alpha value is -3.34. The lowest BCUT2D eigenvalue weighted by Gasteiger charge is -2.15. The zero-order chi connectivity index (χ0) is 17.6. The first kappa shape index (κ1) is 15.6. The standard InChI is InChI=1S/C16H15N5O3/c1-19-12-5-4-10(6-9(12)7-13(19)22)18-14-11(8-17)15(23)21(3)16(24)20(14)2/h4-6,18H,7H2,1-3H3. The van der Waals surface area contributed by atoms with E-state index < -0.39 is 11.2 Å². The predicted octanol–water partition coefficient (Wildman–Crippen LogP) is 0.218. The number of fused-ring (bicyclic) bond motifs is 1. The van der Waals surface area contributed by atoms with E-state index >= 15 is 0 Å². The summed E-state index contributed by atoms with van der Waals surface area (Å²) >= 11 is 0. The number of nitriles is 1. The van der Waals surface area contributed by atoms with Gasteiger partial charge in [-0.2, -0.15) is 5.26 Å². The van der Waals surface area contributed by atoms with Gasteiger partial charge >= 0.3 is 5.69 Å². The van der Waals surface area contributed by atoms with Gasteiger partial charge in [-0.25, -0.2) is 4.79 Å². The molecule has 1 aliphatic rings. The van der Waals surface area contributed by atoms with Crippen LogP contribution in [0, 0.1) is 11.3 Å². The number of aromatic nitrogens is 2. The Balaban J connectivity index is 2.10. The summed E-state index contributed by atoms with van der Waals surface area (Å²) in [6, 6.07) is 7.14. The quantitative estimate of drug-likeness (QED) is 0.851. The second kappa shape index (κ2) is 5.38. The van der Waals surface area contributed by atoms with Crippen molar-refractivity contribution in [3.05, 3.63) is 50.2 Å². The molecule has 0 radical (unpaired) electrons. The topological polar surface area (TPSA) is 100 Å². The fraction of sp³-hybridized carbons (Fsp3) is 0.250. The Morgan fingerprint density at radius 3 is 2.50 bits per heavy atom. The van der Waals surface area contributed by atoms with E-state index in [1.807, 2.05) is 6.07 Å². The van der Waals surface area contributed by atoms with Gasteiger partial charge in [0.15, 0.2) is 5.56 Å². The third kappa shape index (κ3) is 2.18. The van der Waals surface area contributed by atoms with Crippen LogP contribution in [0.25, 0.3) is 0 Å². The van der Waals surface area contributed by atoms with Crippen molar-refractivity contribution in [2.45, 2.75) is 6.42 Å². The highest BCUT2D eigenvalue weighted by Crippen LogP contribution is 2.31. The molecule has 1 N–H and O–H groups in total. The Bertz CT molecular complexity index is 1030. The maximum Gasteiger partial charge on any atom is 0.332 e. The number of nitrogens with one attached hydrogen (secondary N) is 1. The number of hydrogen-bond donors (Lipinski definition) is 1. The molecule has 2 aromatic rings. The Kier molecular flexibility index (Phi) is 3.49. The highest BCUT2D eigenvalue weighted by molar-refractivity contribution is 6.01. The lowest BCUT2D eigenvalue weighted by molar-refractivity contribution is -0.117. The van der Waals surface area contributed by atoms with Gasteiger partial charge < -0.3 is 10.2 Å². The second-order valence-electron chi connectivity index (χ2n) is 5.64. The van der Waals surface area contributed by atoms with Crippen LogP contribution in [-0.4, -0.2) is 22.1 Å². The van der Waals surface area contributed by atoms with E-state index in [1.165, 1.54) is 18.7 Å². The third-order valence-corrected chi connectivity index (χ3v) is 4.20. The Morgan fingerprint density at radius 1 is 1.12 bits per heavy atom. The average molecular weight is 325 g/mol. The maximum absolute atomic E-state index is 12.1. The lowest BCUT2D eigenvalue weighted by Crippen LogP contribution is -2.39. The third-order valence-electron chi connectivity index (χ3n) is 4.20. The van der Waals surface area contributed by atoms with Gasteiger partial charge in [0.2, 0.25) is 5.91 Å². The molecule has 122 valence electrons. The van der Waals surface area contributed by atoms with Gasteiger partial charge in [-0.3, -0.25) is 18.7 Å². The molecule has 1 aliphatic heterocycles. The molecule has 0 bridgehead atoms. The van der Waals surface area contributed by atoms with Gasteiger partial charge in [-0.1, -0.05) is 0 Å². The Labute approximate surface area is 137 Å². The van der Waals surface area contributed by atoms with E-state index in [0.717, 1.165) is 15.8 Å². The molecule has 0 unspecified atom stereocenters. The van der Waals surface area contributed by atoms with Gasteiger partial charge in [0, 0.05) is 32.5 Å². The molecule has 8 heteroatoms. The average Bonchev–Trinajstić information content (AvgIpc) is 2.85. The maximum atomic E-state index is 12.1. The van der Waals surface area contributed by atoms with Gasteiger partial charge in [0.05, 0.1) is 6.42 Å². The molecule has 0 saturated heterocycles. The molecule has 8 nitrogen and oxygen atoms in total. The molecule has 0 saturated carbocycles. The first-order chi connectivity index (χ1) is 11.3. The minimum atomic E-state index is -0.654. The highest BCUT2D eigenvalue weighted by atomic mass is 16.2. The van der Waals surface area contributed by atoms with Gasteiger partial charge in [-0.15, -0.1) is 0 Å². The number of benzene rings is 1. The van der Waals surface area contributed by atoms with E-state index in [9.17, 15) is 19.6 Å². The van der Waals surface area contributed by atoms with Crippen molar-refractivity contribution in [2.75, 3.05) is 17.3 Å². The van der Waals surface area contributed by atoms with E-state index in [0.29, 0.717) is 12.1 Å². The number of hydrogen-bond acceptors (Lipinski definition) is 5. The van der Waals surface area contributed by atoms with Crippen LogP contribution in [0.1, 0.15) is 11.1 Å². The molecule has 0 spiro atoms. The van der Waals surface area contributed by atoms with E-state index in [4.69, 9.17) is 0 Å². The van der Waals surface area contributed by atoms with Crippen molar-refractivity contribution >= 4 is 23.1 Å². The van der Waals surface area contributed by atoms with Crippen LogP contribution in [0.3, 0.4) is 0 Å². The minimum absolute atomic E-state index is 0.000782. The number of rotatable bonds is 2. The summed E-state index contributed by atoms with van der Waals surface area (Å²) in [5.41, 5.74) is 0.936. The second-order valence-corrected chi connectivity index (χ2v) is 5.64. The summed E-state index contributed by atoms with van der Waals surface area (Å²) in [6.45, 7) is 0. The predicted molar refractivity (Wildman–Crippen MR) is 88.5 cm³/mol. The number of carbonyl (C=O) groups excluding carboxylic acids is 1. The number of amides is 1. The van der Waals surface area contributed by atoms with Gasteiger partial charge in [0.1, 0.15) is 11.9 Å². The van der Waals surface area contributed by atoms with Crippen molar-refractivity contribution in [3.8, 4) is 6.07 Å². The summed E-state index contributed by atoms with van der Waals surface area (Å²) in [7, 11) is 4.52. The molecule has 0 aliphatic carbocycles. The van der Waals surface area contributed by atoms with Crippen molar-refractivity contribution in [3.63, 3.8) is 0 Å². The van der Waals surface area contributed by atoms with Crippen LogP contribution in [0.2, 0.25) is 0 Å². The molecular formula is C16H15N5O3. The molecule has 0 fully saturated rings. The van der Waals surface area contributed by atoms with Gasteiger partial charge in [0.25, 0.3) is 5.56 Å². The monoisotopic (exact) mass is 325 g/mol. The SMILES string of the molecule is CN1C(=O)Cc2cc(Nc3c(C#N)c(=O)n(C)c(=O)n3C)ccc21. The van der Waals surface area contributed by atoms with Crippen LogP contribution < -0.4 is 21.5 Å². The fourth-order valence-corrected chi connectivity index (χ4v) is 2.78. The van der Waals surface area contributed by atoms with Crippen molar-refractivity contribution < 1.29 is 4.79 Å². The number of likely N-dealkylation sites (N-methyl/N-ethyl adjacent to an activating group) is 1. The molecule has 1 aromatic heterocycles. The number of carbonyl (C=O) groups is 1. The van der Waals surface area contributed by atoms with Crippen LogP contribution >= 0.6 is 0 Å². The van der Waals surface area contributed by atoms with Gasteiger partial charge in [-0.05, 0) is 23.8 Å². The van der Waals surface area contributed by atoms with Crippen molar-refractivity contribution in [1.29, 1.82) is 5.26 Å². The molecule has 3 rings (SSSR count). The minimum Gasteiger partial charge on any atom is -0.340 e. The zero-order valence-corrected chi connectivity index (χ0v) is 13.5. The lowest BCUT2D eigenvalue weighted by atomic mass is 10.1. The van der Waals surface area contributed by atoms with Crippen LogP contribution in [-0.2, 0) is 25.3 Å². The largest absolute Gasteiger partial charge is 0.340 e. The van der Waals surface area contributed by atoms with Crippen molar-refractivity contribution in [2.24, 2.45) is 14.1 Å². The smallest absolute Gasteiger partial charge is 0.332 e. The number of nitrogens with zero attached hydrogens (tertiary/aromatic N) is 4. The summed E-state index contributed by atoms with van der Waals surface area (Å²) < 4.78 is 2.10. The summed E-state index contributed by atoms with van der Waals surface area (Å²) in [6.07, 6.45) is 0.294. The summed E-state index contributed by atoms with van der Waals surface area (Å²) in [5.74, 6) is 0.129. The van der Waals surface area contributed by atoms with Crippen LogP contribution in [0.5, 0.6) is 0 Å².